The molecule has 11 heavy (non-hydrogen) atoms. The number of hydrogen-bond donors (Lipinski definition) is 0. The van der Waals surface area contributed by atoms with E-state index in [1.54, 1.807) is 0 Å². The normalized spacial score (nSPS) is 9.55. The maximum Gasteiger partial charge on any atom is 0 e. The van der Waals surface area contributed by atoms with Gasteiger partial charge in [0.05, 0.1) is 0 Å². The van der Waals surface area contributed by atoms with Crippen molar-refractivity contribution in [1.29, 1.82) is 0 Å². The maximum atomic E-state index is 4.20. The molecule has 0 atom stereocenters. The second kappa shape index (κ2) is 2.99. The molecule has 0 unspecified atom stereocenters. The van der Waals surface area contributed by atoms with Crippen molar-refractivity contribution >= 4 is 11.0 Å². The van der Waals surface area contributed by atoms with Gasteiger partial charge in [-0.2, -0.15) is 0 Å². The van der Waals surface area contributed by atoms with Gasteiger partial charge in [-0.05, 0) is 18.0 Å². The van der Waals surface area contributed by atoms with E-state index in [9.17, 15) is 0 Å². The van der Waals surface area contributed by atoms with Gasteiger partial charge in [-0.15, -0.1) is 0 Å². The molecule has 57 valence electrons. The van der Waals surface area contributed by atoms with Crippen LogP contribution in [0.1, 0.15) is 5.82 Å². The number of para-hydroxylation sites is 2. The first-order valence-electron chi connectivity index (χ1n) is 3.22. The van der Waals surface area contributed by atoms with E-state index in [0.717, 1.165) is 16.9 Å². The largest absolute Gasteiger partial charge is 0.440 e. The van der Waals surface area contributed by atoms with Crippen LogP contribution in [0.15, 0.2) is 24.3 Å². The van der Waals surface area contributed by atoms with Gasteiger partial charge in [0.25, 0.3) is 0 Å². The Labute approximate surface area is 72.9 Å². The Hall–Kier alpha value is -0.920. The number of hydrogen-bond acceptors (Lipinski definition) is 1. The molecule has 2 aromatic rings. The Kier molecular flexibility index (Phi) is 2.22. The number of aryl methyl sites for hydroxylation is 1. The first-order valence-corrected chi connectivity index (χ1v) is 3.22. The summed E-state index contributed by atoms with van der Waals surface area (Å²) in [4.78, 5) is 8.40. The van der Waals surface area contributed by atoms with E-state index < -0.39 is 0 Å². The molecule has 1 aromatic carbocycles. The van der Waals surface area contributed by atoms with Gasteiger partial charge in [-0.1, -0.05) is 30.1 Å². The molecule has 0 amide bonds. The summed E-state index contributed by atoms with van der Waals surface area (Å²) in [6.07, 6.45) is 0. The van der Waals surface area contributed by atoms with Crippen molar-refractivity contribution in [1.82, 2.24) is 9.97 Å². The number of benzene rings is 1. The minimum absolute atomic E-state index is 0. The molecule has 0 spiro atoms. The maximum absolute atomic E-state index is 4.20. The topological polar surface area (TPSA) is 27.0 Å². The monoisotopic (exact) mass is 372 g/mol. The van der Waals surface area contributed by atoms with E-state index in [0.29, 0.717) is 0 Å². The first-order chi connectivity index (χ1) is 4.86. The van der Waals surface area contributed by atoms with Gasteiger partial charge in [0.15, 0.2) is 0 Å². The van der Waals surface area contributed by atoms with Crippen LogP contribution in [-0.4, -0.2) is 4.98 Å². The van der Waals surface area contributed by atoms with Gasteiger partial charge < -0.3 is 9.97 Å². The third-order valence-corrected chi connectivity index (χ3v) is 1.45. The number of imidazole rings is 1. The molecule has 2 rings (SSSR count). The Bertz CT molecular complexity index is 321. The van der Waals surface area contributed by atoms with Crippen LogP contribution in [-0.2, 0) is 0 Å². The summed E-state index contributed by atoms with van der Waals surface area (Å²) in [7, 11) is 0. The van der Waals surface area contributed by atoms with Crippen LogP contribution in [0, 0.1) is 21.2 Å². The van der Waals surface area contributed by atoms with Crippen LogP contribution in [0.25, 0.3) is 11.0 Å². The van der Waals surface area contributed by atoms with Gasteiger partial charge in [0, 0.05) is 14.3 Å². The predicted octanol–water partition coefficient (Wildman–Crippen LogP) is 1.50. The van der Waals surface area contributed by atoms with Gasteiger partial charge in [0.1, 0.15) is 0 Å². The summed E-state index contributed by atoms with van der Waals surface area (Å²) in [5, 5.41) is 0. The predicted molar refractivity (Wildman–Crippen MR) is 39.8 cm³/mol. The van der Waals surface area contributed by atoms with E-state index in [-0.39, 0.29) is 14.3 Å². The minimum atomic E-state index is 0. The molecule has 2 nitrogen and oxygen atoms in total. The molecule has 0 aliphatic heterocycles. The standard InChI is InChI=1S/C8H7N2.Am/c1-6-9-7-4-2-3-5-8(7)10-6;/h2-5H,1H3;/q-1;. The fraction of sp³-hybridized carbons (Fsp3) is 0.125. The van der Waals surface area contributed by atoms with Crippen LogP contribution >= 0.6 is 0 Å². The van der Waals surface area contributed by atoms with Crippen molar-refractivity contribution < 1.29 is 14.3 Å². The van der Waals surface area contributed by atoms with Gasteiger partial charge in [0.2, 0.25) is 0 Å². The van der Waals surface area contributed by atoms with Crippen LogP contribution in [0.5, 0.6) is 0 Å². The molecule has 0 saturated carbocycles. The Morgan fingerprint density at radius 1 is 1.27 bits per heavy atom. The van der Waals surface area contributed by atoms with Crippen molar-refractivity contribution in [2.24, 2.45) is 0 Å². The van der Waals surface area contributed by atoms with Gasteiger partial charge in [-0.3, -0.25) is 0 Å². The van der Waals surface area contributed by atoms with E-state index in [4.69, 9.17) is 0 Å². The average molecular weight is 374 g/mol. The average Bonchev–Trinajstić information content (AvgIpc) is 2.27. The molecule has 1 radical (unpaired) electrons. The fourth-order valence-corrected chi connectivity index (χ4v) is 1.03. The SMILES string of the molecule is Cc1nc2ccccc2[n-]1.[Am]. The summed E-state index contributed by atoms with van der Waals surface area (Å²) in [6, 6.07) is 7.87. The van der Waals surface area contributed by atoms with E-state index in [1.165, 1.54) is 0 Å². The molecule has 0 aliphatic carbocycles. The second-order valence-corrected chi connectivity index (χ2v) is 2.26. The molecule has 0 bridgehead atoms. The number of rotatable bonds is 0. The minimum Gasteiger partial charge on any atom is -0.440 e. The molecular formula is C8H7AmN2-. The molecule has 0 aliphatic rings. The molecule has 3 heteroatoms. The molecule has 0 saturated heterocycles. The summed E-state index contributed by atoms with van der Waals surface area (Å²) >= 11 is 0. The van der Waals surface area contributed by atoms with Crippen LogP contribution < -0.4 is 4.98 Å². The Morgan fingerprint density at radius 2 is 2.00 bits per heavy atom. The van der Waals surface area contributed by atoms with Crippen molar-refractivity contribution in [2.75, 3.05) is 0 Å². The summed E-state index contributed by atoms with van der Waals surface area (Å²) < 4.78 is 0. The number of nitrogens with zero attached hydrogens (tertiary/aromatic N) is 2. The molecular weight excluding hydrogens is 367 g/mol. The van der Waals surface area contributed by atoms with E-state index in [1.807, 2.05) is 31.2 Å². The fourth-order valence-electron chi connectivity index (χ4n) is 1.03. The second-order valence-electron chi connectivity index (χ2n) is 2.26. The molecule has 0 fully saturated rings. The third-order valence-electron chi connectivity index (χ3n) is 1.45. The zero-order valence-electron chi connectivity index (χ0n) is 6.08. The third kappa shape index (κ3) is 1.39. The van der Waals surface area contributed by atoms with Crippen LogP contribution in [0.4, 0.5) is 0 Å². The van der Waals surface area contributed by atoms with E-state index >= 15 is 0 Å². The first kappa shape index (κ1) is 8.18. The van der Waals surface area contributed by atoms with Crippen LogP contribution in [0.3, 0.4) is 0 Å². The summed E-state index contributed by atoms with van der Waals surface area (Å²) in [5.41, 5.74) is 1.97. The van der Waals surface area contributed by atoms with Crippen molar-refractivity contribution in [3.8, 4) is 0 Å². The van der Waals surface area contributed by atoms with Crippen molar-refractivity contribution in [3.05, 3.63) is 30.1 Å². The number of aromatic nitrogens is 2. The van der Waals surface area contributed by atoms with Crippen molar-refractivity contribution in [2.45, 2.75) is 6.92 Å². The number of fused-ring (bicyclic) bond motifs is 1. The van der Waals surface area contributed by atoms with E-state index in [2.05, 4.69) is 9.97 Å². The summed E-state index contributed by atoms with van der Waals surface area (Å²) in [6.45, 7) is 1.90. The molecule has 1 heterocycles. The quantitative estimate of drug-likeness (QED) is 0.699. The molecule has 1 aromatic heterocycles. The summed E-state index contributed by atoms with van der Waals surface area (Å²) in [5.74, 6) is 0.848. The van der Waals surface area contributed by atoms with Crippen LogP contribution in [0.2, 0.25) is 0 Å². The zero-order valence-corrected chi connectivity index (χ0v) is 9.23. The van der Waals surface area contributed by atoms with Gasteiger partial charge in [-0.25, -0.2) is 0 Å². The Morgan fingerprint density at radius 3 is 2.73 bits per heavy atom. The smallest absolute Gasteiger partial charge is 0 e. The van der Waals surface area contributed by atoms with Gasteiger partial charge >= 0.3 is 0 Å². The van der Waals surface area contributed by atoms with Crippen molar-refractivity contribution in [3.63, 3.8) is 0 Å². The Balaban J connectivity index is 0.000000605. The molecule has 0 N–H and O–H groups in total. The zero-order chi connectivity index (χ0) is 6.97.